The lowest BCUT2D eigenvalue weighted by atomic mass is 10.1. The number of nitrogens with zero attached hydrogens (tertiary/aromatic N) is 1. The Morgan fingerprint density at radius 2 is 1.71 bits per heavy atom. The molecule has 1 atom stereocenters. The van der Waals surface area contributed by atoms with Crippen LogP contribution >= 0.6 is 15.9 Å². The van der Waals surface area contributed by atoms with Gasteiger partial charge in [-0.2, -0.15) is 0 Å². The van der Waals surface area contributed by atoms with Gasteiger partial charge in [-0.15, -0.1) is 0 Å². The molecule has 0 radical (unpaired) electrons. The van der Waals surface area contributed by atoms with Gasteiger partial charge in [-0.1, -0.05) is 52.3 Å². The summed E-state index contributed by atoms with van der Waals surface area (Å²) < 4.78 is 0.953. The topological polar surface area (TPSA) is 23.5 Å². The molecule has 1 N–H and O–H groups in total. The van der Waals surface area contributed by atoms with Gasteiger partial charge in [0.15, 0.2) is 0 Å². The fourth-order valence-corrected chi connectivity index (χ4v) is 3.08. The Kier molecular flexibility index (Phi) is 5.43. The van der Waals surface area contributed by atoms with Crippen molar-refractivity contribution in [3.8, 4) is 0 Å². The Bertz CT molecular complexity index is 581. The van der Waals surface area contributed by atoms with Crippen molar-refractivity contribution in [1.82, 2.24) is 0 Å². The van der Waals surface area contributed by atoms with E-state index in [1.807, 2.05) is 12.1 Å². The van der Waals surface area contributed by atoms with Crippen molar-refractivity contribution in [2.45, 2.75) is 39.5 Å². The van der Waals surface area contributed by atoms with Crippen LogP contribution in [0.4, 0.5) is 5.69 Å². The van der Waals surface area contributed by atoms with Gasteiger partial charge in [-0.25, -0.2) is 0 Å². The largest absolute Gasteiger partial charge is 0.389 e. The summed E-state index contributed by atoms with van der Waals surface area (Å²) in [6.45, 7) is 7.04. The summed E-state index contributed by atoms with van der Waals surface area (Å²) in [6, 6.07) is 17.0. The normalized spacial score (nSPS) is 12.5. The molecular formula is C18H22BrNO. The van der Waals surface area contributed by atoms with Gasteiger partial charge in [-0.05, 0) is 44.0 Å². The number of anilines is 1. The fraction of sp³-hybridized carbons (Fsp3) is 0.333. The number of aliphatic hydroxyl groups is 1. The molecule has 0 saturated carbocycles. The standard InChI is InChI=1S/C18H22BrNO/c1-13(2)20(12-15-7-5-4-6-8-15)16-9-10-17(14(3)21)18(19)11-16/h4-11,13-14,21H,12H2,1-3H3/t14-/m1/s1. The molecule has 112 valence electrons. The van der Waals surface area contributed by atoms with Gasteiger partial charge >= 0.3 is 0 Å². The maximum absolute atomic E-state index is 9.73. The highest BCUT2D eigenvalue weighted by atomic mass is 79.9. The summed E-state index contributed by atoms with van der Waals surface area (Å²) in [5.41, 5.74) is 3.37. The fourth-order valence-electron chi connectivity index (χ4n) is 2.39. The predicted molar refractivity (Wildman–Crippen MR) is 92.5 cm³/mol. The van der Waals surface area contributed by atoms with Crippen LogP contribution in [0.5, 0.6) is 0 Å². The van der Waals surface area contributed by atoms with Crippen LogP contribution in [-0.4, -0.2) is 11.1 Å². The van der Waals surface area contributed by atoms with Crippen LogP contribution in [0.25, 0.3) is 0 Å². The molecule has 0 unspecified atom stereocenters. The average molecular weight is 348 g/mol. The summed E-state index contributed by atoms with van der Waals surface area (Å²) in [4.78, 5) is 2.35. The van der Waals surface area contributed by atoms with E-state index in [1.165, 1.54) is 5.56 Å². The summed E-state index contributed by atoms with van der Waals surface area (Å²) in [5.74, 6) is 0. The third kappa shape index (κ3) is 4.08. The SMILES string of the molecule is CC(C)N(Cc1ccccc1)c1ccc([C@@H](C)O)c(Br)c1. The smallest absolute Gasteiger partial charge is 0.0772 e. The second-order valence-corrected chi connectivity index (χ2v) is 6.44. The molecule has 0 aliphatic carbocycles. The van der Waals surface area contributed by atoms with E-state index in [-0.39, 0.29) is 0 Å². The van der Waals surface area contributed by atoms with E-state index in [9.17, 15) is 5.11 Å². The van der Waals surface area contributed by atoms with Gasteiger partial charge in [0, 0.05) is 22.7 Å². The van der Waals surface area contributed by atoms with E-state index >= 15 is 0 Å². The highest BCUT2D eigenvalue weighted by Gasteiger charge is 2.14. The molecule has 2 nitrogen and oxygen atoms in total. The minimum atomic E-state index is -0.463. The molecule has 2 aromatic carbocycles. The van der Waals surface area contributed by atoms with E-state index in [2.05, 4.69) is 71.1 Å². The molecule has 0 fully saturated rings. The van der Waals surface area contributed by atoms with Gasteiger partial charge in [0.2, 0.25) is 0 Å². The Morgan fingerprint density at radius 1 is 1.05 bits per heavy atom. The predicted octanol–water partition coefficient (Wildman–Crippen LogP) is 4.92. The van der Waals surface area contributed by atoms with Crippen LogP contribution in [0.2, 0.25) is 0 Å². The highest BCUT2D eigenvalue weighted by Crippen LogP contribution is 2.30. The first-order valence-electron chi connectivity index (χ1n) is 7.27. The van der Waals surface area contributed by atoms with Crippen LogP contribution in [0, 0.1) is 0 Å². The maximum atomic E-state index is 9.73. The van der Waals surface area contributed by atoms with Crippen LogP contribution in [0.1, 0.15) is 38.0 Å². The number of halogens is 1. The average Bonchev–Trinajstić information content (AvgIpc) is 2.45. The molecule has 0 aliphatic heterocycles. The van der Waals surface area contributed by atoms with Gasteiger partial charge in [0.1, 0.15) is 0 Å². The zero-order chi connectivity index (χ0) is 15.4. The molecule has 0 amide bonds. The molecule has 0 bridgehead atoms. The molecule has 0 saturated heterocycles. The zero-order valence-corrected chi connectivity index (χ0v) is 14.3. The van der Waals surface area contributed by atoms with Crippen LogP contribution in [-0.2, 0) is 6.54 Å². The van der Waals surface area contributed by atoms with E-state index in [0.717, 1.165) is 22.3 Å². The number of hydrogen-bond donors (Lipinski definition) is 1. The maximum Gasteiger partial charge on any atom is 0.0772 e. The number of benzene rings is 2. The van der Waals surface area contributed by atoms with Crippen molar-refractivity contribution < 1.29 is 5.11 Å². The second kappa shape index (κ2) is 7.10. The van der Waals surface area contributed by atoms with E-state index in [0.29, 0.717) is 6.04 Å². The Hall–Kier alpha value is -1.32. The molecule has 2 aromatic rings. The summed E-state index contributed by atoms with van der Waals surface area (Å²) >= 11 is 3.56. The first kappa shape index (κ1) is 16.1. The van der Waals surface area contributed by atoms with Gasteiger partial charge in [-0.3, -0.25) is 0 Å². The van der Waals surface area contributed by atoms with Crippen molar-refractivity contribution in [3.05, 3.63) is 64.1 Å². The molecule has 0 aliphatic rings. The summed E-state index contributed by atoms with van der Waals surface area (Å²) in [7, 11) is 0. The quantitative estimate of drug-likeness (QED) is 0.829. The molecule has 0 spiro atoms. The van der Waals surface area contributed by atoms with Crippen LogP contribution in [0.15, 0.2) is 53.0 Å². The van der Waals surface area contributed by atoms with Crippen molar-refractivity contribution >= 4 is 21.6 Å². The third-order valence-corrected chi connectivity index (χ3v) is 4.27. The Balaban J connectivity index is 2.28. The molecule has 2 rings (SSSR count). The second-order valence-electron chi connectivity index (χ2n) is 5.59. The zero-order valence-electron chi connectivity index (χ0n) is 12.8. The highest BCUT2D eigenvalue weighted by molar-refractivity contribution is 9.10. The first-order valence-corrected chi connectivity index (χ1v) is 8.06. The minimum absolute atomic E-state index is 0.398. The van der Waals surface area contributed by atoms with Crippen molar-refractivity contribution in [3.63, 3.8) is 0 Å². The molecular weight excluding hydrogens is 326 g/mol. The molecule has 3 heteroatoms. The van der Waals surface area contributed by atoms with E-state index in [4.69, 9.17) is 0 Å². The van der Waals surface area contributed by atoms with E-state index in [1.54, 1.807) is 6.92 Å². The number of aliphatic hydroxyl groups excluding tert-OH is 1. The lowest BCUT2D eigenvalue weighted by Gasteiger charge is -2.30. The molecule has 0 aromatic heterocycles. The van der Waals surface area contributed by atoms with Crippen LogP contribution in [0.3, 0.4) is 0 Å². The Labute approximate surface area is 135 Å². The van der Waals surface area contributed by atoms with Crippen molar-refractivity contribution in [1.29, 1.82) is 0 Å². The van der Waals surface area contributed by atoms with Crippen molar-refractivity contribution in [2.75, 3.05) is 4.90 Å². The van der Waals surface area contributed by atoms with Gasteiger partial charge in [0.25, 0.3) is 0 Å². The molecule has 0 heterocycles. The monoisotopic (exact) mass is 347 g/mol. The minimum Gasteiger partial charge on any atom is -0.389 e. The van der Waals surface area contributed by atoms with Gasteiger partial charge in [0.05, 0.1) is 6.10 Å². The number of hydrogen-bond acceptors (Lipinski definition) is 2. The molecule has 21 heavy (non-hydrogen) atoms. The third-order valence-electron chi connectivity index (χ3n) is 3.58. The van der Waals surface area contributed by atoms with Crippen LogP contribution < -0.4 is 4.90 Å². The van der Waals surface area contributed by atoms with Gasteiger partial charge < -0.3 is 10.0 Å². The Morgan fingerprint density at radius 3 is 2.24 bits per heavy atom. The summed E-state index contributed by atoms with van der Waals surface area (Å²) in [5, 5.41) is 9.73. The van der Waals surface area contributed by atoms with Crippen molar-refractivity contribution in [2.24, 2.45) is 0 Å². The number of rotatable bonds is 5. The lowest BCUT2D eigenvalue weighted by molar-refractivity contribution is 0.198. The lowest BCUT2D eigenvalue weighted by Crippen LogP contribution is -2.30. The first-order chi connectivity index (χ1) is 9.99. The van der Waals surface area contributed by atoms with E-state index < -0.39 is 6.10 Å². The summed E-state index contributed by atoms with van der Waals surface area (Å²) in [6.07, 6.45) is -0.463.